The summed E-state index contributed by atoms with van der Waals surface area (Å²) in [6, 6.07) is 9.37. The second kappa shape index (κ2) is 8.97. The van der Waals surface area contributed by atoms with Crippen LogP contribution in [0.15, 0.2) is 35.5 Å². The van der Waals surface area contributed by atoms with Crippen molar-refractivity contribution in [2.75, 3.05) is 18.6 Å². The van der Waals surface area contributed by atoms with E-state index < -0.39 is 0 Å². The number of rotatable bonds is 8. The molecule has 1 atom stereocenters. The van der Waals surface area contributed by atoms with Crippen molar-refractivity contribution in [3.05, 3.63) is 30.3 Å². The quantitative estimate of drug-likeness (QED) is 0.332. The highest BCUT2D eigenvalue weighted by Gasteiger charge is 2.16. The molecule has 0 bridgehead atoms. The maximum Gasteiger partial charge on any atom is 0.227 e. The van der Waals surface area contributed by atoms with Crippen LogP contribution in [0.25, 0.3) is 0 Å². The number of hydrogen-bond acceptors (Lipinski definition) is 4. The summed E-state index contributed by atoms with van der Waals surface area (Å²) in [7, 11) is 1.63. The molecule has 21 heavy (non-hydrogen) atoms. The molecule has 1 rings (SSSR count). The van der Waals surface area contributed by atoms with Gasteiger partial charge in [0.1, 0.15) is 5.84 Å². The lowest BCUT2D eigenvalue weighted by atomic mass is 10.1. The van der Waals surface area contributed by atoms with E-state index in [2.05, 4.69) is 5.16 Å². The molecule has 0 saturated heterocycles. The fourth-order valence-corrected chi connectivity index (χ4v) is 1.86. The van der Waals surface area contributed by atoms with Gasteiger partial charge in [-0.15, -0.1) is 0 Å². The van der Waals surface area contributed by atoms with Crippen molar-refractivity contribution in [1.29, 1.82) is 0 Å². The average Bonchev–Trinajstić information content (AvgIpc) is 2.53. The van der Waals surface area contributed by atoms with Gasteiger partial charge in [0.2, 0.25) is 5.91 Å². The first-order chi connectivity index (χ1) is 10.1. The normalized spacial score (nSPS) is 13.0. The van der Waals surface area contributed by atoms with Gasteiger partial charge in [0, 0.05) is 32.2 Å². The lowest BCUT2D eigenvalue weighted by molar-refractivity contribution is -0.119. The Kier molecular flexibility index (Phi) is 7.25. The molecule has 1 aromatic carbocycles. The molecule has 0 radical (unpaired) electrons. The molecule has 1 aromatic rings. The van der Waals surface area contributed by atoms with Crippen LogP contribution >= 0.6 is 0 Å². The highest BCUT2D eigenvalue weighted by atomic mass is 16.5. The number of methoxy groups -OCH3 is 1. The average molecular weight is 293 g/mol. The van der Waals surface area contributed by atoms with Crippen molar-refractivity contribution in [3.8, 4) is 0 Å². The number of carbonyl (C=O) groups is 1. The minimum Gasteiger partial charge on any atom is -0.409 e. The molecule has 6 nitrogen and oxygen atoms in total. The molecule has 0 saturated carbocycles. The Bertz CT molecular complexity index is 462. The predicted octanol–water partition coefficient (Wildman–Crippen LogP) is 1.97. The summed E-state index contributed by atoms with van der Waals surface area (Å²) < 4.78 is 5.16. The molecule has 0 aliphatic rings. The van der Waals surface area contributed by atoms with Gasteiger partial charge in [-0.2, -0.15) is 0 Å². The van der Waals surface area contributed by atoms with E-state index in [9.17, 15) is 4.79 Å². The van der Waals surface area contributed by atoms with Crippen molar-refractivity contribution >= 4 is 17.4 Å². The first-order valence-corrected chi connectivity index (χ1v) is 6.93. The monoisotopic (exact) mass is 293 g/mol. The van der Waals surface area contributed by atoms with Gasteiger partial charge in [-0.05, 0) is 25.5 Å². The Balaban J connectivity index is 2.74. The maximum atomic E-state index is 12.4. The van der Waals surface area contributed by atoms with Crippen LogP contribution in [-0.4, -0.2) is 36.7 Å². The Morgan fingerprint density at radius 1 is 1.38 bits per heavy atom. The number of oxime groups is 1. The summed E-state index contributed by atoms with van der Waals surface area (Å²) in [5.74, 6) is 0.102. The van der Waals surface area contributed by atoms with Gasteiger partial charge in [0.05, 0.1) is 6.10 Å². The summed E-state index contributed by atoms with van der Waals surface area (Å²) in [5, 5.41) is 11.5. The Labute approximate surface area is 125 Å². The number of nitrogens with two attached hydrogens (primary N) is 1. The predicted molar refractivity (Wildman–Crippen MR) is 82.5 cm³/mol. The third-order valence-electron chi connectivity index (χ3n) is 3.26. The molecular weight excluding hydrogens is 270 g/mol. The summed E-state index contributed by atoms with van der Waals surface area (Å²) in [6.45, 7) is 2.30. The van der Waals surface area contributed by atoms with Gasteiger partial charge in [0.25, 0.3) is 0 Å². The summed E-state index contributed by atoms with van der Waals surface area (Å²) in [4.78, 5) is 14.0. The van der Waals surface area contributed by atoms with E-state index in [1.165, 1.54) is 0 Å². The molecule has 0 aliphatic carbocycles. The third-order valence-corrected chi connectivity index (χ3v) is 3.26. The van der Waals surface area contributed by atoms with Crippen LogP contribution in [0.4, 0.5) is 5.69 Å². The van der Waals surface area contributed by atoms with Gasteiger partial charge in [-0.25, -0.2) is 0 Å². The number of carbonyl (C=O) groups excluding carboxylic acids is 1. The van der Waals surface area contributed by atoms with Crippen LogP contribution in [0.1, 0.15) is 26.2 Å². The zero-order valence-electron chi connectivity index (χ0n) is 12.5. The van der Waals surface area contributed by atoms with E-state index in [-0.39, 0.29) is 17.8 Å². The Hall–Kier alpha value is -2.08. The summed E-state index contributed by atoms with van der Waals surface area (Å²) in [5.41, 5.74) is 6.29. The Morgan fingerprint density at radius 3 is 2.62 bits per heavy atom. The highest BCUT2D eigenvalue weighted by molar-refractivity contribution is 5.94. The molecule has 0 fully saturated rings. The van der Waals surface area contributed by atoms with Crippen LogP contribution in [0.5, 0.6) is 0 Å². The minimum atomic E-state index is -0.00385. The standard InChI is InChI=1S/C15H23N3O3/c1-12(21-2)8-9-15(19)18(11-10-14(16)17-20)13-6-4-3-5-7-13/h3-7,12,20H,8-11H2,1-2H3,(H2,16,17). The number of para-hydroxylation sites is 1. The zero-order valence-corrected chi connectivity index (χ0v) is 12.5. The van der Waals surface area contributed by atoms with Crippen LogP contribution < -0.4 is 10.6 Å². The zero-order chi connectivity index (χ0) is 15.7. The fourth-order valence-electron chi connectivity index (χ4n) is 1.86. The van der Waals surface area contributed by atoms with E-state index in [0.29, 0.717) is 25.8 Å². The van der Waals surface area contributed by atoms with Crippen molar-refractivity contribution in [1.82, 2.24) is 0 Å². The second-order valence-electron chi connectivity index (χ2n) is 4.81. The molecule has 0 aromatic heterocycles. The van der Waals surface area contributed by atoms with Crippen LogP contribution in [-0.2, 0) is 9.53 Å². The van der Waals surface area contributed by atoms with Gasteiger partial charge >= 0.3 is 0 Å². The van der Waals surface area contributed by atoms with Crippen molar-refractivity contribution < 1.29 is 14.7 Å². The van der Waals surface area contributed by atoms with Crippen LogP contribution in [0, 0.1) is 0 Å². The van der Waals surface area contributed by atoms with Crippen molar-refractivity contribution in [2.45, 2.75) is 32.3 Å². The number of nitrogens with zero attached hydrogens (tertiary/aromatic N) is 2. The first kappa shape index (κ1) is 17.0. The maximum absolute atomic E-state index is 12.4. The summed E-state index contributed by atoms with van der Waals surface area (Å²) >= 11 is 0. The molecular formula is C15H23N3O3. The van der Waals surface area contributed by atoms with Gasteiger partial charge in [-0.3, -0.25) is 4.79 Å². The van der Waals surface area contributed by atoms with Crippen molar-refractivity contribution in [3.63, 3.8) is 0 Å². The molecule has 0 aliphatic heterocycles. The second-order valence-corrected chi connectivity index (χ2v) is 4.81. The topological polar surface area (TPSA) is 88.2 Å². The lowest BCUT2D eigenvalue weighted by Crippen LogP contribution is -2.34. The molecule has 1 unspecified atom stereocenters. The fraction of sp³-hybridized carbons (Fsp3) is 0.467. The Morgan fingerprint density at radius 2 is 2.05 bits per heavy atom. The number of hydrogen-bond donors (Lipinski definition) is 2. The van der Waals surface area contributed by atoms with Crippen LogP contribution in [0.3, 0.4) is 0 Å². The molecule has 116 valence electrons. The molecule has 6 heteroatoms. The highest BCUT2D eigenvalue weighted by Crippen LogP contribution is 2.16. The number of amidine groups is 1. The third kappa shape index (κ3) is 5.83. The van der Waals surface area contributed by atoms with Gasteiger partial charge in [0.15, 0.2) is 0 Å². The number of amides is 1. The number of anilines is 1. The van der Waals surface area contributed by atoms with E-state index in [4.69, 9.17) is 15.7 Å². The SMILES string of the molecule is COC(C)CCC(=O)N(CC/C(N)=N/O)c1ccccc1. The summed E-state index contributed by atoms with van der Waals surface area (Å²) in [6.07, 6.45) is 1.40. The smallest absolute Gasteiger partial charge is 0.227 e. The van der Waals surface area contributed by atoms with E-state index in [1.807, 2.05) is 37.3 Å². The first-order valence-electron chi connectivity index (χ1n) is 6.93. The van der Waals surface area contributed by atoms with E-state index >= 15 is 0 Å². The molecule has 0 heterocycles. The van der Waals surface area contributed by atoms with Gasteiger partial charge in [-0.1, -0.05) is 23.4 Å². The van der Waals surface area contributed by atoms with E-state index in [0.717, 1.165) is 5.69 Å². The lowest BCUT2D eigenvalue weighted by Gasteiger charge is -2.23. The van der Waals surface area contributed by atoms with Crippen molar-refractivity contribution in [2.24, 2.45) is 10.9 Å². The minimum absolute atomic E-state index is 0.00385. The largest absolute Gasteiger partial charge is 0.409 e. The molecule has 3 N–H and O–H groups in total. The van der Waals surface area contributed by atoms with Crippen LogP contribution in [0.2, 0.25) is 0 Å². The van der Waals surface area contributed by atoms with Gasteiger partial charge < -0.3 is 20.6 Å². The molecule has 0 spiro atoms. The number of benzene rings is 1. The molecule has 1 amide bonds. The van der Waals surface area contributed by atoms with E-state index in [1.54, 1.807) is 12.0 Å². The number of ether oxygens (including phenoxy) is 1.